The zero-order valence-electron chi connectivity index (χ0n) is 10.7. The van der Waals surface area contributed by atoms with E-state index in [4.69, 9.17) is 16.3 Å². The number of hydrogen-bond acceptors (Lipinski definition) is 3. The molecule has 0 amide bonds. The van der Waals surface area contributed by atoms with E-state index >= 15 is 0 Å². The normalized spacial score (nSPS) is 17.9. The van der Waals surface area contributed by atoms with Crippen LogP contribution >= 0.6 is 11.6 Å². The van der Waals surface area contributed by atoms with Gasteiger partial charge in [0.1, 0.15) is 18.5 Å². The third-order valence-corrected chi connectivity index (χ3v) is 3.66. The Morgan fingerprint density at radius 3 is 2.78 bits per heavy atom. The van der Waals surface area contributed by atoms with Gasteiger partial charge in [-0.05, 0) is 56.6 Å². The van der Waals surface area contributed by atoms with Crippen LogP contribution in [0, 0.1) is 6.92 Å². The van der Waals surface area contributed by atoms with Crippen LogP contribution in [0.3, 0.4) is 0 Å². The van der Waals surface area contributed by atoms with E-state index in [-0.39, 0.29) is 0 Å². The predicted molar refractivity (Wildman–Crippen MR) is 73.4 cm³/mol. The van der Waals surface area contributed by atoms with Crippen LogP contribution in [0.1, 0.15) is 18.4 Å². The molecule has 1 aromatic rings. The Kier molecular flexibility index (Phi) is 4.87. The van der Waals surface area contributed by atoms with Gasteiger partial charge in [-0.15, -0.1) is 0 Å². The highest BCUT2D eigenvalue weighted by Crippen LogP contribution is 2.21. The van der Waals surface area contributed by atoms with Crippen molar-refractivity contribution in [2.45, 2.75) is 25.9 Å². The second-order valence-corrected chi connectivity index (χ2v) is 5.29. The van der Waals surface area contributed by atoms with Crippen molar-refractivity contribution in [1.82, 2.24) is 4.90 Å². The molecule has 0 radical (unpaired) electrons. The number of nitrogens with zero attached hydrogens (tertiary/aromatic N) is 1. The fraction of sp³-hybridized carbons (Fsp3) is 0.571. The van der Waals surface area contributed by atoms with Crippen LogP contribution in [0.5, 0.6) is 5.75 Å². The molecule has 0 aliphatic carbocycles. The van der Waals surface area contributed by atoms with E-state index in [9.17, 15) is 5.11 Å². The number of aliphatic hydroxyl groups excluding tert-OH is 1. The molecule has 1 aromatic carbocycles. The molecule has 0 bridgehead atoms. The van der Waals surface area contributed by atoms with Gasteiger partial charge >= 0.3 is 0 Å². The Hall–Kier alpha value is -0.770. The Balaban J connectivity index is 1.77. The Bertz CT molecular complexity index is 391. The summed E-state index contributed by atoms with van der Waals surface area (Å²) < 4.78 is 5.58. The quantitative estimate of drug-likeness (QED) is 0.891. The molecule has 1 saturated heterocycles. The summed E-state index contributed by atoms with van der Waals surface area (Å²) in [7, 11) is 0. The average Bonchev–Trinajstić information content (AvgIpc) is 2.83. The van der Waals surface area contributed by atoms with Gasteiger partial charge in [-0.25, -0.2) is 0 Å². The highest BCUT2D eigenvalue weighted by atomic mass is 35.5. The molecule has 3 nitrogen and oxygen atoms in total. The molecular weight excluding hydrogens is 250 g/mol. The minimum Gasteiger partial charge on any atom is -0.491 e. The minimum absolute atomic E-state index is 0.331. The summed E-state index contributed by atoms with van der Waals surface area (Å²) >= 11 is 5.95. The van der Waals surface area contributed by atoms with E-state index in [1.54, 1.807) is 0 Å². The second-order valence-electron chi connectivity index (χ2n) is 4.88. The molecule has 0 saturated carbocycles. The standard InChI is InChI=1S/C14H20ClNO2/c1-11-8-13(4-5-14(11)15)18-10-12(17)9-16-6-2-3-7-16/h4-5,8,12,17H,2-3,6-7,9-10H2,1H3/t12-/m0/s1. The number of β-amino-alcohol motifs (C(OH)–C–C–N with tert-alkyl or cyclic N) is 1. The highest BCUT2D eigenvalue weighted by molar-refractivity contribution is 6.31. The number of aryl methyl sites for hydroxylation is 1. The summed E-state index contributed by atoms with van der Waals surface area (Å²) in [5.41, 5.74) is 0.989. The van der Waals surface area contributed by atoms with E-state index < -0.39 is 6.10 Å². The molecule has 1 aliphatic heterocycles. The lowest BCUT2D eigenvalue weighted by Gasteiger charge is -2.19. The predicted octanol–water partition coefficient (Wildman–Crippen LogP) is 2.48. The van der Waals surface area contributed by atoms with E-state index in [1.807, 2.05) is 25.1 Å². The fourth-order valence-electron chi connectivity index (χ4n) is 2.22. The van der Waals surface area contributed by atoms with Crippen molar-refractivity contribution in [3.63, 3.8) is 0 Å². The topological polar surface area (TPSA) is 32.7 Å². The average molecular weight is 270 g/mol. The van der Waals surface area contributed by atoms with Gasteiger partial charge in [0, 0.05) is 11.6 Å². The Morgan fingerprint density at radius 2 is 2.11 bits per heavy atom. The molecule has 18 heavy (non-hydrogen) atoms. The lowest BCUT2D eigenvalue weighted by molar-refractivity contribution is 0.0758. The molecule has 1 atom stereocenters. The van der Waals surface area contributed by atoms with Crippen LogP contribution in [0.4, 0.5) is 0 Å². The summed E-state index contributed by atoms with van der Waals surface area (Å²) in [5.74, 6) is 0.761. The SMILES string of the molecule is Cc1cc(OC[C@@H](O)CN2CCCC2)ccc1Cl. The Labute approximate surface area is 113 Å². The molecule has 4 heteroatoms. The first-order valence-corrected chi connectivity index (χ1v) is 6.82. The summed E-state index contributed by atoms with van der Waals surface area (Å²) in [6.07, 6.45) is 2.05. The summed E-state index contributed by atoms with van der Waals surface area (Å²) in [5, 5.41) is 10.6. The third-order valence-electron chi connectivity index (χ3n) is 3.24. The van der Waals surface area contributed by atoms with E-state index in [0.717, 1.165) is 29.4 Å². The summed E-state index contributed by atoms with van der Waals surface area (Å²) in [6.45, 7) is 5.16. The molecule has 0 spiro atoms. The molecule has 1 N–H and O–H groups in total. The van der Waals surface area contributed by atoms with Crippen molar-refractivity contribution >= 4 is 11.6 Å². The molecule has 1 aliphatic rings. The van der Waals surface area contributed by atoms with Gasteiger partial charge in [0.05, 0.1) is 0 Å². The number of rotatable bonds is 5. The Morgan fingerprint density at radius 1 is 1.39 bits per heavy atom. The van der Waals surface area contributed by atoms with Crippen LogP contribution in [-0.2, 0) is 0 Å². The number of ether oxygens (including phenoxy) is 1. The first kappa shape index (κ1) is 13.7. The zero-order valence-corrected chi connectivity index (χ0v) is 11.5. The van der Waals surface area contributed by atoms with Crippen molar-refractivity contribution in [3.05, 3.63) is 28.8 Å². The molecule has 100 valence electrons. The first-order valence-electron chi connectivity index (χ1n) is 6.44. The van der Waals surface area contributed by atoms with Crippen molar-refractivity contribution in [2.75, 3.05) is 26.2 Å². The van der Waals surface area contributed by atoms with E-state index in [1.165, 1.54) is 12.8 Å². The first-order chi connectivity index (χ1) is 8.65. The number of likely N-dealkylation sites (tertiary alicyclic amines) is 1. The molecular formula is C14H20ClNO2. The number of halogens is 1. The van der Waals surface area contributed by atoms with Crippen molar-refractivity contribution in [1.29, 1.82) is 0 Å². The maximum atomic E-state index is 9.90. The van der Waals surface area contributed by atoms with Gasteiger partial charge in [0.15, 0.2) is 0 Å². The highest BCUT2D eigenvalue weighted by Gasteiger charge is 2.16. The van der Waals surface area contributed by atoms with Gasteiger partial charge in [-0.1, -0.05) is 11.6 Å². The lowest BCUT2D eigenvalue weighted by atomic mass is 10.2. The van der Waals surface area contributed by atoms with Crippen LogP contribution in [0.2, 0.25) is 5.02 Å². The van der Waals surface area contributed by atoms with Crippen LogP contribution in [0.15, 0.2) is 18.2 Å². The molecule has 2 rings (SSSR count). The molecule has 1 fully saturated rings. The summed E-state index contributed by atoms with van der Waals surface area (Å²) in [4.78, 5) is 2.28. The van der Waals surface area contributed by atoms with Crippen molar-refractivity contribution < 1.29 is 9.84 Å². The summed E-state index contributed by atoms with van der Waals surface area (Å²) in [6, 6.07) is 5.54. The number of benzene rings is 1. The van der Waals surface area contributed by atoms with Gasteiger partial charge < -0.3 is 14.7 Å². The van der Waals surface area contributed by atoms with Crippen LogP contribution < -0.4 is 4.74 Å². The molecule has 0 aromatic heterocycles. The molecule has 1 heterocycles. The maximum Gasteiger partial charge on any atom is 0.119 e. The molecule has 0 unspecified atom stereocenters. The van der Waals surface area contributed by atoms with Gasteiger partial charge in [-0.3, -0.25) is 0 Å². The second kappa shape index (κ2) is 6.41. The number of hydrogen-bond donors (Lipinski definition) is 1. The smallest absolute Gasteiger partial charge is 0.119 e. The maximum absolute atomic E-state index is 9.90. The van der Waals surface area contributed by atoms with Gasteiger partial charge in [0.25, 0.3) is 0 Å². The minimum atomic E-state index is -0.431. The van der Waals surface area contributed by atoms with Crippen LogP contribution in [-0.4, -0.2) is 42.4 Å². The van der Waals surface area contributed by atoms with E-state index in [2.05, 4.69) is 4.90 Å². The van der Waals surface area contributed by atoms with Crippen LogP contribution in [0.25, 0.3) is 0 Å². The largest absolute Gasteiger partial charge is 0.491 e. The fourth-order valence-corrected chi connectivity index (χ4v) is 2.33. The third kappa shape index (κ3) is 3.87. The number of aliphatic hydroxyl groups is 1. The van der Waals surface area contributed by atoms with Gasteiger partial charge in [-0.2, -0.15) is 0 Å². The monoisotopic (exact) mass is 269 g/mol. The van der Waals surface area contributed by atoms with Gasteiger partial charge in [0.2, 0.25) is 0 Å². The lowest BCUT2D eigenvalue weighted by Crippen LogP contribution is -2.33. The zero-order chi connectivity index (χ0) is 13.0. The van der Waals surface area contributed by atoms with Crippen molar-refractivity contribution in [2.24, 2.45) is 0 Å². The van der Waals surface area contributed by atoms with Crippen molar-refractivity contribution in [3.8, 4) is 5.75 Å². The van der Waals surface area contributed by atoms with E-state index in [0.29, 0.717) is 13.2 Å².